The summed E-state index contributed by atoms with van der Waals surface area (Å²) in [6, 6.07) is 10.2. The molecule has 3 nitrogen and oxygen atoms in total. The molecule has 0 aliphatic carbocycles. The lowest BCUT2D eigenvalue weighted by Crippen LogP contribution is -2.26. The first kappa shape index (κ1) is 12.8. The van der Waals surface area contributed by atoms with Gasteiger partial charge < -0.3 is 10.5 Å². The van der Waals surface area contributed by atoms with Crippen molar-refractivity contribution in [3.05, 3.63) is 35.9 Å². The molecule has 0 aliphatic rings. The predicted octanol–water partition coefficient (Wildman–Crippen LogP) is 2.77. The summed E-state index contributed by atoms with van der Waals surface area (Å²) in [5, 5.41) is 1.14. The second-order valence-corrected chi connectivity index (χ2v) is 5.39. The van der Waals surface area contributed by atoms with E-state index in [9.17, 15) is 0 Å². The molecular weight excluding hydrogens is 224 g/mol. The average Bonchev–Trinajstić information content (AvgIpc) is 2.37. The second-order valence-electron chi connectivity index (χ2n) is 5.39. The quantitative estimate of drug-likeness (QED) is 0.899. The van der Waals surface area contributed by atoms with Crippen LogP contribution in [-0.2, 0) is 6.42 Å². The zero-order valence-electron chi connectivity index (χ0n) is 11.2. The van der Waals surface area contributed by atoms with Crippen LogP contribution in [0, 0.1) is 5.41 Å². The van der Waals surface area contributed by atoms with Gasteiger partial charge in [0, 0.05) is 10.9 Å². The van der Waals surface area contributed by atoms with Crippen molar-refractivity contribution in [1.82, 2.24) is 4.98 Å². The van der Waals surface area contributed by atoms with Crippen molar-refractivity contribution >= 4 is 10.9 Å². The van der Waals surface area contributed by atoms with E-state index in [-0.39, 0.29) is 5.41 Å². The zero-order valence-corrected chi connectivity index (χ0v) is 11.2. The lowest BCUT2D eigenvalue weighted by atomic mass is 9.86. The molecule has 1 aromatic heterocycles. The minimum absolute atomic E-state index is 0.0530. The Morgan fingerprint density at radius 3 is 2.67 bits per heavy atom. The third-order valence-electron chi connectivity index (χ3n) is 3.18. The van der Waals surface area contributed by atoms with Gasteiger partial charge in [-0.1, -0.05) is 32.0 Å². The van der Waals surface area contributed by atoms with Crippen LogP contribution in [0.4, 0.5) is 0 Å². The van der Waals surface area contributed by atoms with Crippen LogP contribution in [0.25, 0.3) is 10.9 Å². The van der Waals surface area contributed by atoms with Crippen molar-refractivity contribution in [3.8, 4) is 5.88 Å². The fraction of sp³-hybridized carbons (Fsp3) is 0.400. The number of nitrogens with zero attached hydrogens (tertiary/aromatic N) is 1. The maximum atomic E-state index is 5.80. The molecule has 0 aliphatic heterocycles. The summed E-state index contributed by atoms with van der Waals surface area (Å²) < 4.78 is 5.39. The Morgan fingerprint density at radius 1 is 1.28 bits per heavy atom. The van der Waals surface area contributed by atoms with Crippen molar-refractivity contribution < 1.29 is 4.74 Å². The minimum Gasteiger partial charge on any atom is -0.481 e. The lowest BCUT2D eigenvalue weighted by molar-refractivity contribution is 0.353. The van der Waals surface area contributed by atoms with Crippen LogP contribution in [0.2, 0.25) is 0 Å². The predicted molar refractivity (Wildman–Crippen MR) is 74.8 cm³/mol. The van der Waals surface area contributed by atoms with Gasteiger partial charge >= 0.3 is 0 Å². The number of hydrogen-bond acceptors (Lipinski definition) is 3. The molecule has 0 bridgehead atoms. The fourth-order valence-corrected chi connectivity index (χ4v) is 2.03. The molecule has 18 heavy (non-hydrogen) atoms. The average molecular weight is 244 g/mol. The molecule has 2 rings (SSSR count). The molecule has 0 radical (unpaired) electrons. The van der Waals surface area contributed by atoms with Crippen LogP contribution < -0.4 is 10.5 Å². The molecule has 2 N–H and O–H groups in total. The summed E-state index contributed by atoms with van der Waals surface area (Å²) in [7, 11) is 1.66. The number of fused-ring (bicyclic) bond motifs is 1. The number of benzene rings is 1. The van der Waals surface area contributed by atoms with Gasteiger partial charge in [-0.3, -0.25) is 0 Å². The Hall–Kier alpha value is -1.61. The van der Waals surface area contributed by atoms with Crippen molar-refractivity contribution in [2.75, 3.05) is 13.7 Å². The first-order valence-electron chi connectivity index (χ1n) is 6.18. The summed E-state index contributed by atoms with van der Waals surface area (Å²) in [6.07, 6.45) is 0.866. The van der Waals surface area contributed by atoms with Gasteiger partial charge in [-0.2, -0.15) is 0 Å². The smallest absolute Gasteiger partial charge is 0.216 e. The highest BCUT2D eigenvalue weighted by Crippen LogP contribution is 2.28. The molecule has 0 saturated carbocycles. The van der Waals surface area contributed by atoms with E-state index in [2.05, 4.69) is 31.0 Å². The first-order chi connectivity index (χ1) is 8.55. The van der Waals surface area contributed by atoms with E-state index in [1.54, 1.807) is 7.11 Å². The maximum absolute atomic E-state index is 5.80. The largest absolute Gasteiger partial charge is 0.481 e. The zero-order chi connectivity index (χ0) is 13.2. The van der Waals surface area contributed by atoms with E-state index in [1.807, 2.05) is 18.2 Å². The van der Waals surface area contributed by atoms with Crippen molar-refractivity contribution in [2.24, 2.45) is 11.1 Å². The lowest BCUT2D eigenvalue weighted by Gasteiger charge is -2.23. The molecule has 0 unspecified atom stereocenters. The van der Waals surface area contributed by atoms with Crippen LogP contribution in [0.3, 0.4) is 0 Å². The molecular formula is C15H20N2O. The number of nitrogens with two attached hydrogens (primary N) is 1. The third-order valence-corrected chi connectivity index (χ3v) is 3.18. The van der Waals surface area contributed by atoms with Gasteiger partial charge in [-0.25, -0.2) is 4.98 Å². The minimum atomic E-state index is 0.0530. The van der Waals surface area contributed by atoms with Gasteiger partial charge in [0.05, 0.1) is 12.6 Å². The second kappa shape index (κ2) is 4.94. The molecule has 0 spiro atoms. The molecule has 3 heteroatoms. The highest BCUT2D eigenvalue weighted by atomic mass is 16.5. The number of aromatic nitrogens is 1. The van der Waals surface area contributed by atoms with Crippen LogP contribution >= 0.6 is 0 Å². The van der Waals surface area contributed by atoms with Crippen molar-refractivity contribution in [3.63, 3.8) is 0 Å². The maximum Gasteiger partial charge on any atom is 0.216 e. The standard InChI is InChI=1S/C15H20N2O/c1-15(2,10-16)9-12-8-11-6-4-5-7-13(11)17-14(12)18-3/h4-8H,9-10,16H2,1-3H3. The van der Waals surface area contributed by atoms with E-state index in [0.717, 1.165) is 22.9 Å². The van der Waals surface area contributed by atoms with E-state index >= 15 is 0 Å². The Morgan fingerprint density at radius 2 is 2.00 bits per heavy atom. The fourth-order valence-electron chi connectivity index (χ4n) is 2.03. The van der Waals surface area contributed by atoms with Crippen LogP contribution in [0.15, 0.2) is 30.3 Å². The normalized spacial score (nSPS) is 11.8. The molecule has 1 heterocycles. The Kier molecular flexibility index (Phi) is 3.53. The van der Waals surface area contributed by atoms with E-state index in [1.165, 1.54) is 0 Å². The Labute approximate surface area is 108 Å². The van der Waals surface area contributed by atoms with Gasteiger partial charge in [-0.15, -0.1) is 0 Å². The Balaban J connectivity index is 2.48. The van der Waals surface area contributed by atoms with Crippen LogP contribution in [-0.4, -0.2) is 18.6 Å². The number of ether oxygens (including phenoxy) is 1. The molecule has 0 fully saturated rings. The van der Waals surface area contributed by atoms with E-state index in [0.29, 0.717) is 12.4 Å². The number of methoxy groups -OCH3 is 1. The van der Waals surface area contributed by atoms with Gasteiger partial charge in [-0.05, 0) is 30.5 Å². The van der Waals surface area contributed by atoms with Crippen molar-refractivity contribution in [1.29, 1.82) is 0 Å². The molecule has 0 saturated heterocycles. The highest BCUT2D eigenvalue weighted by Gasteiger charge is 2.19. The van der Waals surface area contributed by atoms with E-state index in [4.69, 9.17) is 10.5 Å². The van der Waals surface area contributed by atoms with Crippen LogP contribution in [0.5, 0.6) is 5.88 Å². The third kappa shape index (κ3) is 2.62. The van der Waals surface area contributed by atoms with Crippen LogP contribution in [0.1, 0.15) is 19.4 Å². The molecule has 0 amide bonds. The topological polar surface area (TPSA) is 48.1 Å². The summed E-state index contributed by atoms with van der Waals surface area (Å²) in [5.74, 6) is 0.704. The first-order valence-corrected chi connectivity index (χ1v) is 6.18. The number of pyridine rings is 1. The summed E-state index contributed by atoms with van der Waals surface area (Å²) >= 11 is 0. The SMILES string of the molecule is COc1nc2ccccc2cc1CC(C)(C)CN. The molecule has 96 valence electrons. The van der Waals surface area contributed by atoms with Gasteiger partial charge in [0.15, 0.2) is 0 Å². The molecule has 0 atom stereocenters. The number of rotatable bonds is 4. The van der Waals surface area contributed by atoms with Gasteiger partial charge in [0.25, 0.3) is 0 Å². The monoisotopic (exact) mass is 244 g/mol. The van der Waals surface area contributed by atoms with E-state index < -0.39 is 0 Å². The number of hydrogen-bond donors (Lipinski definition) is 1. The summed E-state index contributed by atoms with van der Waals surface area (Å²) in [6.45, 7) is 4.95. The van der Waals surface area contributed by atoms with Crippen molar-refractivity contribution in [2.45, 2.75) is 20.3 Å². The number of para-hydroxylation sites is 1. The van der Waals surface area contributed by atoms with Gasteiger partial charge in [0.1, 0.15) is 0 Å². The molecule has 2 aromatic rings. The highest BCUT2D eigenvalue weighted by molar-refractivity contribution is 5.80. The Bertz CT molecular complexity index is 549. The molecule has 1 aromatic carbocycles. The summed E-state index contributed by atoms with van der Waals surface area (Å²) in [4.78, 5) is 4.55. The summed E-state index contributed by atoms with van der Waals surface area (Å²) in [5.41, 5.74) is 7.93. The van der Waals surface area contributed by atoms with Gasteiger partial charge in [0.2, 0.25) is 5.88 Å².